The number of nitrogens with one attached hydrogen (secondary N) is 2. The average molecular weight is 382 g/mol. The van der Waals surface area contributed by atoms with E-state index in [9.17, 15) is 14.4 Å². The molecular formula is C22H26N2O4. The number of hydrogen-bond donors (Lipinski definition) is 2. The lowest BCUT2D eigenvalue weighted by molar-refractivity contribution is -0.125. The first-order valence-corrected chi connectivity index (χ1v) is 9.69. The van der Waals surface area contributed by atoms with Crippen LogP contribution in [0.1, 0.15) is 49.9 Å². The summed E-state index contributed by atoms with van der Waals surface area (Å²) in [5.41, 5.74) is 0.603. The number of anilines is 1. The van der Waals surface area contributed by atoms with Crippen molar-refractivity contribution in [1.82, 2.24) is 5.32 Å². The first-order valence-electron chi connectivity index (χ1n) is 9.69. The Morgan fingerprint density at radius 2 is 1.68 bits per heavy atom. The lowest BCUT2D eigenvalue weighted by Gasteiger charge is -2.26. The molecule has 148 valence electrons. The minimum Gasteiger partial charge on any atom is -0.452 e. The van der Waals surface area contributed by atoms with Crippen molar-refractivity contribution in [3.63, 3.8) is 0 Å². The second-order valence-corrected chi connectivity index (χ2v) is 7.53. The minimum absolute atomic E-state index is 0.151. The molecule has 0 radical (unpaired) electrons. The van der Waals surface area contributed by atoms with Crippen LogP contribution in [-0.2, 0) is 14.3 Å². The minimum atomic E-state index is -0.637. The topological polar surface area (TPSA) is 84.5 Å². The van der Waals surface area contributed by atoms with Crippen LogP contribution < -0.4 is 10.6 Å². The van der Waals surface area contributed by atoms with Crippen molar-refractivity contribution >= 4 is 34.2 Å². The highest BCUT2D eigenvalue weighted by Gasteiger charge is 2.21. The molecule has 1 aliphatic carbocycles. The lowest BCUT2D eigenvalue weighted by Crippen LogP contribution is -2.39. The zero-order valence-electron chi connectivity index (χ0n) is 16.3. The molecule has 0 aromatic heterocycles. The average Bonchev–Trinajstić information content (AvgIpc) is 2.67. The van der Waals surface area contributed by atoms with Crippen LogP contribution in [0, 0.1) is 5.92 Å². The van der Waals surface area contributed by atoms with Crippen molar-refractivity contribution in [2.75, 3.05) is 11.9 Å². The van der Waals surface area contributed by atoms with Crippen molar-refractivity contribution in [3.05, 3.63) is 42.0 Å². The van der Waals surface area contributed by atoms with E-state index in [1.54, 1.807) is 12.1 Å². The van der Waals surface area contributed by atoms with Crippen molar-refractivity contribution < 1.29 is 19.1 Å². The van der Waals surface area contributed by atoms with Gasteiger partial charge >= 0.3 is 5.97 Å². The fraction of sp³-hybridized carbons (Fsp3) is 0.409. The maximum atomic E-state index is 12.6. The smallest absolute Gasteiger partial charge is 0.340 e. The molecule has 0 atom stereocenters. The van der Waals surface area contributed by atoms with Gasteiger partial charge in [0.1, 0.15) is 0 Å². The van der Waals surface area contributed by atoms with Gasteiger partial charge in [-0.3, -0.25) is 9.59 Å². The number of rotatable bonds is 5. The van der Waals surface area contributed by atoms with Gasteiger partial charge in [0.2, 0.25) is 5.91 Å². The van der Waals surface area contributed by atoms with Gasteiger partial charge in [-0.1, -0.05) is 31.2 Å². The van der Waals surface area contributed by atoms with Gasteiger partial charge in [-0.25, -0.2) is 4.79 Å². The molecule has 6 heteroatoms. The number of benzene rings is 2. The standard InChI is InChI=1S/C22H26N2O4/c1-14-7-9-18(10-8-14)24-21(26)13-28-22(27)19-11-16-5-3-4-6-17(16)12-20(19)23-15(2)25/h3-6,11-12,14,18H,7-10,13H2,1-2H3,(H,23,25)(H,24,26). The molecule has 2 N–H and O–H groups in total. The maximum Gasteiger partial charge on any atom is 0.340 e. The molecule has 3 rings (SSSR count). The Morgan fingerprint density at radius 3 is 2.32 bits per heavy atom. The quantitative estimate of drug-likeness (QED) is 0.773. The van der Waals surface area contributed by atoms with E-state index in [1.165, 1.54) is 6.92 Å². The maximum absolute atomic E-state index is 12.6. The molecule has 28 heavy (non-hydrogen) atoms. The molecule has 1 saturated carbocycles. The molecule has 1 fully saturated rings. The molecule has 0 unspecified atom stereocenters. The summed E-state index contributed by atoms with van der Waals surface area (Å²) in [6, 6.07) is 11.1. The number of fused-ring (bicyclic) bond motifs is 1. The van der Waals surface area contributed by atoms with E-state index in [-0.39, 0.29) is 30.0 Å². The molecule has 0 saturated heterocycles. The number of carbonyl (C=O) groups is 3. The van der Waals surface area contributed by atoms with E-state index in [1.807, 2.05) is 24.3 Å². The van der Waals surface area contributed by atoms with Crippen LogP contribution in [0.3, 0.4) is 0 Å². The molecule has 0 spiro atoms. The number of ether oxygens (including phenoxy) is 1. The van der Waals surface area contributed by atoms with Crippen LogP contribution in [0.4, 0.5) is 5.69 Å². The van der Waals surface area contributed by atoms with Crippen LogP contribution in [0.15, 0.2) is 36.4 Å². The molecule has 1 aliphatic rings. The lowest BCUT2D eigenvalue weighted by atomic mass is 9.87. The number of hydrogen-bond acceptors (Lipinski definition) is 4. The summed E-state index contributed by atoms with van der Waals surface area (Å²) in [5, 5.41) is 7.35. The molecule has 6 nitrogen and oxygen atoms in total. The number of carbonyl (C=O) groups excluding carboxylic acids is 3. The second kappa shape index (κ2) is 8.87. The van der Waals surface area contributed by atoms with Crippen LogP contribution in [0.2, 0.25) is 0 Å². The monoisotopic (exact) mass is 382 g/mol. The third-order valence-corrected chi connectivity index (χ3v) is 5.13. The summed E-state index contributed by atoms with van der Waals surface area (Å²) < 4.78 is 5.22. The fourth-order valence-electron chi connectivity index (χ4n) is 3.58. The van der Waals surface area contributed by atoms with Gasteiger partial charge in [-0.15, -0.1) is 0 Å². The predicted octanol–water partition coefficient (Wildman–Crippen LogP) is 3.65. The second-order valence-electron chi connectivity index (χ2n) is 7.53. The van der Waals surface area contributed by atoms with E-state index < -0.39 is 5.97 Å². The predicted molar refractivity (Wildman–Crippen MR) is 108 cm³/mol. The first-order chi connectivity index (χ1) is 13.4. The molecule has 2 aromatic carbocycles. The summed E-state index contributed by atoms with van der Waals surface area (Å²) in [6.45, 7) is 3.26. The Bertz CT molecular complexity index is 885. The van der Waals surface area contributed by atoms with E-state index in [0.717, 1.165) is 36.5 Å². The fourth-order valence-corrected chi connectivity index (χ4v) is 3.58. The highest BCUT2D eigenvalue weighted by molar-refractivity contribution is 6.05. The third-order valence-electron chi connectivity index (χ3n) is 5.13. The van der Waals surface area contributed by atoms with E-state index >= 15 is 0 Å². The van der Waals surface area contributed by atoms with Gasteiger partial charge in [0.15, 0.2) is 6.61 Å². The summed E-state index contributed by atoms with van der Waals surface area (Å²) in [5.74, 6) is -0.517. The van der Waals surface area contributed by atoms with Crippen molar-refractivity contribution in [3.8, 4) is 0 Å². The van der Waals surface area contributed by atoms with E-state index in [2.05, 4.69) is 17.6 Å². The normalized spacial score (nSPS) is 19.1. The first kappa shape index (κ1) is 19.9. The van der Waals surface area contributed by atoms with Gasteiger partial charge in [-0.05, 0) is 54.5 Å². The molecule has 0 bridgehead atoms. The van der Waals surface area contributed by atoms with E-state index in [0.29, 0.717) is 11.6 Å². The van der Waals surface area contributed by atoms with Gasteiger partial charge in [-0.2, -0.15) is 0 Å². The van der Waals surface area contributed by atoms with Crippen LogP contribution in [-0.4, -0.2) is 30.4 Å². The van der Waals surface area contributed by atoms with Crippen molar-refractivity contribution in [2.24, 2.45) is 5.92 Å². The Morgan fingerprint density at radius 1 is 1.04 bits per heavy atom. The van der Waals surface area contributed by atoms with Crippen molar-refractivity contribution in [1.29, 1.82) is 0 Å². The molecule has 2 amide bonds. The zero-order valence-corrected chi connectivity index (χ0v) is 16.3. The van der Waals surface area contributed by atoms with Crippen molar-refractivity contribution in [2.45, 2.75) is 45.6 Å². The molecule has 0 aliphatic heterocycles. The Balaban J connectivity index is 1.66. The van der Waals surface area contributed by atoms with Crippen LogP contribution in [0.25, 0.3) is 10.8 Å². The summed E-state index contributed by atoms with van der Waals surface area (Å²) in [4.78, 5) is 36.2. The Hall–Kier alpha value is -2.89. The SMILES string of the molecule is CC(=O)Nc1cc2ccccc2cc1C(=O)OCC(=O)NC1CCC(C)CC1. The van der Waals surface area contributed by atoms with Crippen LogP contribution >= 0.6 is 0 Å². The highest BCUT2D eigenvalue weighted by atomic mass is 16.5. The van der Waals surface area contributed by atoms with E-state index in [4.69, 9.17) is 4.74 Å². The van der Waals surface area contributed by atoms with Gasteiger partial charge in [0.05, 0.1) is 11.3 Å². The summed E-state index contributed by atoms with van der Waals surface area (Å²) in [7, 11) is 0. The largest absolute Gasteiger partial charge is 0.452 e. The van der Waals surface area contributed by atoms with Crippen LogP contribution in [0.5, 0.6) is 0 Å². The third kappa shape index (κ3) is 5.09. The highest BCUT2D eigenvalue weighted by Crippen LogP contribution is 2.25. The van der Waals surface area contributed by atoms with Gasteiger partial charge < -0.3 is 15.4 Å². The number of esters is 1. The van der Waals surface area contributed by atoms with Gasteiger partial charge in [0.25, 0.3) is 5.91 Å². The molecular weight excluding hydrogens is 356 g/mol. The summed E-state index contributed by atoms with van der Waals surface area (Å²) >= 11 is 0. The molecule has 0 heterocycles. The Labute approximate surface area is 164 Å². The molecule has 2 aromatic rings. The summed E-state index contributed by atoms with van der Waals surface area (Å²) in [6.07, 6.45) is 4.11. The van der Waals surface area contributed by atoms with Gasteiger partial charge in [0, 0.05) is 13.0 Å². The number of amides is 2. The zero-order chi connectivity index (χ0) is 20.1. The Kier molecular flexibility index (Phi) is 6.29.